The summed E-state index contributed by atoms with van der Waals surface area (Å²) in [5.74, 6) is 1.56. The van der Waals surface area contributed by atoms with Crippen molar-refractivity contribution >= 4 is 31.9 Å². The van der Waals surface area contributed by atoms with E-state index in [1.54, 1.807) is 0 Å². The summed E-state index contributed by atoms with van der Waals surface area (Å²) in [4.78, 5) is 17.4. The van der Waals surface area contributed by atoms with Gasteiger partial charge in [0.05, 0.1) is 22.8 Å². The molecule has 0 radical (unpaired) electrons. The van der Waals surface area contributed by atoms with Gasteiger partial charge in [-0.2, -0.15) is 0 Å². The lowest BCUT2D eigenvalue weighted by atomic mass is 10.1. The van der Waals surface area contributed by atoms with E-state index in [1.807, 2.05) is 72.8 Å². The summed E-state index contributed by atoms with van der Waals surface area (Å²) in [6, 6.07) is 45.4. The lowest BCUT2D eigenvalue weighted by Gasteiger charge is -2.07. The molecule has 2 N–H and O–H groups in total. The van der Waals surface area contributed by atoms with Gasteiger partial charge >= 0.3 is 0 Å². The number of aromatic nitrogens is 4. The fourth-order valence-corrected chi connectivity index (χ4v) is 6.21. The molecule has 0 amide bonds. The average Bonchev–Trinajstić information content (AvgIpc) is 3.70. The molecule has 2 heterocycles. The summed E-state index contributed by atoms with van der Waals surface area (Å²) in [7, 11) is 0. The van der Waals surface area contributed by atoms with E-state index in [9.17, 15) is 0 Å². The minimum absolute atomic E-state index is 0.779. The minimum Gasteiger partial charge on any atom is -0.337 e. The van der Waals surface area contributed by atoms with Crippen molar-refractivity contribution in [3.8, 4) is 67.8 Å². The first kappa shape index (κ1) is 26.4. The smallest absolute Gasteiger partial charge is 0.139 e. The van der Waals surface area contributed by atoms with Crippen LogP contribution in [0.4, 0.5) is 0 Å². The van der Waals surface area contributed by atoms with Gasteiger partial charge < -0.3 is 9.97 Å². The fourth-order valence-electron chi connectivity index (χ4n) is 5.15. The predicted molar refractivity (Wildman–Crippen MR) is 179 cm³/mol. The van der Waals surface area contributed by atoms with Crippen LogP contribution >= 0.6 is 31.9 Å². The van der Waals surface area contributed by atoms with Gasteiger partial charge in [-0.25, -0.2) is 9.97 Å². The minimum atomic E-state index is 0.779. The Balaban J connectivity index is 1.34. The topological polar surface area (TPSA) is 57.4 Å². The van der Waals surface area contributed by atoms with Crippen molar-refractivity contribution < 1.29 is 0 Å². The highest BCUT2D eigenvalue weighted by Gasteiger charge is 2.21. The number of halogens is 2. The van der Waals surface area contributed by atoms with Gasteiger partial charge in [0.2, 0.25) is 0 Å². The summed E-state index contributed by atoms with van der Waals surface area (Å²) in [5, 5.41) is 0. The molecule has 0 atom stereocenters. The first-order valence-electron chi connectivity index (χ1n) is 13.6. The first-order chi connectivity index (χ1) is 20.7. The summed E-state index contributed by atoms with van der Waals surface area (Å²) >= 11 is 7.71. The van der Waals surface area contributed by atoms with Crippen LogP contribution in [0, 0.1) is 0 Å². The van der Waals surface area contributed by atoms with Crippen LogP contribution in [0.15, 0.2) is 142 Å². The van der Waals surface area contributed by atoms with Crippen LogP contribution in [0.1, 0.15) is 0 Å². The Labute approximate surface area is 260 Å². The molecule has 5 aromatic carbocycles. The highest BCUT2D eigenvalue weighted by atomic mass is 79.9. The van der Waals surface area contributed by atoms with E-state index in [0.717, 1.165) is 76.8 Å². The van der Waals surface area contributed by atoms with Crippen LogP contribution in [0.25, 0.3) is 67.8 Å². The molecule has 202 valence electrons. The number of benzene rings is 5. The van der Waals surface area contributed by atoms with Crippen LogP contribution in [-0.2, 0) is 0 Å². The lowest BCUT2D eigenvalue weighted by Crippen LogP contribution is -1.89. The SMILES string of the molecule is Brc1cc(-c2nc(-c3ccccc3)c(-c3ccccc3)[nH]2)c(Br)cc1-c1nc(-c2ccccc2)c(-c2ccccc2)[nH]1. The molecular formula is C36H24Br2N4. The summed E-state index contributed by atoms with van der Waals surface area (Å²) in [5.41, 5.74) is 9.96. The van der Waals surface area contributed by atoms with Crippen LogP contribution in [0.5, 0.6) is 0 Å². The number of nitrogens with one attached hydrogen (secondary N) is 2. The molecule has 0 saturated heterocycles. The van der Waals surface area contributed by atoms with Gasteiger partial charge in [-0.05, 0) is 12.1 Å². The van der Waals surface area contributed by atoms with Crippen molar-refractivity contribution in [2.24, 2.45) is 0 Å². The van der Waals surface area contributed by atoms with Crippen LogP contribution in [0.2, 0.25) is 0 Å². The maximum absolute atomic E-state index is 5.10. The Hall–Kier alpha value is -4.52. The standard InChI is InChI=1S/C36H24Br2N4/c37-29-22-28(36-41-33(25-17-9-3-10-18-25)34(42-36)26-19-11-4-12-20-26)30(38)21-27(29)35-39-31(23-13-5-1-6-14-23)32(40-35)24-15-7-2-8-16-24/h1-22H,(H,39,40)(H,41,42). The molecule has 0 unspecified atom stereocenters. The normalized spacial score (nSPS) is 11.1. The van der Waals surface area contributed by atoms with Gasteiger partial charge in [0.15, 0.2) is 0 Å². The Bertz CT molecular complexity index is 1720. The maximum atomic E-state index is 5.10. The van der Waals surface area contributed by atoms with Crippen molar-refractivity contribution in [3.63, 3.8) is 0 Å². The van der Waals surface area contributed by atoms with Crippen molar-refractivity contribution in [2.45, 2.75) is 0 Å². The van der Waals surface area contributed by atoms with Crippen molar-refractivity contribution in [3.05, 3.63) is 142 Å². The molecule has 7 rings (SSSR count). The molecule has 0 aliphatic rings. The average molecular weight is 672 g/mol. The summed E-state index contributed by atoms with van der Waals surface area (Å²) in [6.07, 6.45) is 0. The molecule has 0 aliphatic heterocycles. The second kappa shape index (κ2) is 11.4. The molecule has 0 bridgehead atoms. The summed E-state index contributed by atoms with van der Waals surface area (Å²) in [6.45, 7) is 0. The Kier molecular flexibility index (Phi) is 7.16. The van der Waals surface area contributed by atoms with Gasteiger partial charge in [-0.15, -0.1) is 0 Å². The molecule has 2 aromatic heterocycles. The van der Waals surface area contributed by atoms with Gasteiger partial charge in [-0.3, -0.25) is 0 Å². The van der Waals surface area contributed by atoms with Gasteiger partial charge in [0, 0.05) is 42.3 Å². The van der Waals surface area contributed by atoms with Gasteiger partial charge in [0.25, 0.3) is 0 Å². The van der Waals surface area contributed by atoms with Crippen LogP contribution < -0.4 is 0 Å². The monoisotopic (exact) mass is 670 g/mol. The largest absolute Gasteiger partial charge is 0.337 e. The highest BCUT2D eigenvalue weighted by molar-refractivity contribution is 9.11. The van der Waals surface area contributed by atoms with E-state index in [-0.39, 0.29) is 0 Å². The third-order valence-electron chi connectivity index (χ3n) is 7.19. The zero-order valence-electron chi connectivity index (χ0n) is 22.4. The van der Waals surface area contributed by atoms with Crippen molar-refractivity contribution in [1.29, 1.82) is 0 Å². The number of hydrogen-bond donors (Lipinski definition) is 2. The van der Waals surface area contributed by atoms with Gasteiger partial charge in [-0.1, -0.05) is 153 Å². The van der Waals surface area contributed by atoms with Crippen molar-refractivity contribution in [1.82, 2.24) is 19.9 Å². The number of imidazole rings is 2. The van der Waals surface area contributed by atoms with Crippen LogP contribution in [0.3, 0.4) is 0 Å². The number of hydrogen-bond acceptors (Lipinski definition) is 2. The molecule has 0 saturated carbocycles. The third kappa shape index (κ3) is 5.04. The van der Waals surface area contributed by atoms with E-state index >= 15 is 0 Å². The van der Waals surface area contributed by atoms with E-state index < -0.39 is 0 Å². The lowest BCUT2D eigenvalue weighted by molar-refractivity contribution is 1.28. The van der Waals surface area contributed by atoms with E-state index in [2.05, 4.69) is 102 Å². The molecule has 7 aromatic rings. The molecular weight excluding hydrogens is 648 g/mol. The number of aromatic amines is 2. The second-order valence-electron chi connectivity index (χ2n) is 9.89. The van der Waals surface area contributed by atoms with Crippen LogP contribution in [-0.4, -0.2) is 19.9 Å². The molecule has 4 nitrogen and oxygen atoms in total. The molecule has 6 heteroatoms. The quantitative estimate of drug-likeness (QED) is 0.185. The predicted octanol–water partition coefficient (Wildman–Crippen LogP) is 10.7. The third-order valence-corrected chi connectivity index (χ3v) is 8.51. The Morgan fingerprint density at radius 2 is 0.714 bits per heavy atom. The molecule has 0 aliphatic carbocycles. The number of rotatable bonds is 6. The second-order valence-corrected chi connectivity index (χ2v) is 11.6. The van der Waals surface area contributed by atoms with E-state index in [4.69, 9.17) is 9.97 Å². The first-order valence-corrected chi connectivity index (χ1v) is 15.2. The zero-order chi connectivity index (χ0) is 28.5. The van der Waals surface area contributed by atoms with Crippen molar-refractivity contribution in [2.75, 3.05) is 0 Å². The number of H-pyrrole nitrogens is 2. The highest BCUT2D eigenvalue weighted by Crippen LogP contribution is 2.41. The maximum Gasteiger partial charge on any atom is 0.139 e. The molecule has 0 spiro atoms. The number of nitrogens with zero attached hydrogens (tertiary/aromatic N) is 2. The molecule has 42 heavy (non-hydrogen) atoms. The molecule has 0 fully saturated rings. The summed E-state index contributed by atoms with van der Waals surface area (Å²) < 4.78 is 1.82. The van der Waals surface area contributed by atoms with Gasteiger partial charge in [0.1, 0.15) is 11.6 Å². The fraction of sp³-hybridized carbons (Fsp3) is 0. The Morgan fingerprint density at radius 1 is 0.405 bits per heavy atom. The van der Waals surface area contributed by atoms with E-state index in [0.29, 0.717) is 0 Å². The Morgan fingerprint density at radius 3 is 1.05 bits per heavy atom. The van der Waals surface area contributed by atoms with E-state index in [1.165, 1.54) is 0 Å². The zero-order valence-corrected chi connectivity index (χ0v) is 25.5.